The summed E-state index contributed by atoms with van der Waals surface area (Å²) in [7, 11) is 0. The van der Waals surface area contributed by atoms with Crippen LogP contribution in [0.15, 0.2) is 0 Å². The first-order valence-corrected chi connectivity index (χ1v) is 6.87. The van der Waals surface area contributed by atoms with Crippen LogP contribution in [0.4, 0.5) is 0 Å². The lowest BCUT2D eigenvalue weighted by Crippen LogP contribution is -2.09. The third-order valence-electron chi connectivity index (χ3n) is 2.49. The number of carbonyl (C=O) groups is 3. The number of hydrogen-bond acceptors (Lipinski definition) is 5. The molecule has 19 heavy (non-hydrogen) atoms. The van der Waals surface area contributed by atoms with Gasteiger partial charge in [-0.25, -0.2) is 0 Å². The Morgan fingerprint density at radius 2 is 1.47 bits per heavy atom. The van der Waals surface area contributed by atoms with Gasteiger partial charge in [-0.3, -0.25) is 14.4 Å². The fraction of sp³-hybridized carbons (Fsp3) is 0.786. The summed E-state index contributed by atoms with van der Waals surface area (Å²) in [6.45, 7) is 3.96. The number of ketones is 1. The summed E-state index contributed by atoms with van der Waals surface area (Å²) in [6.07, 6.45) is 4.90. The summed E-state index contributed by atoms with van der Waals surface area (Å²) in [5.41, 5.74) is 0. The molecule has 5 heteroatoms. The van der Waals surface area contributed by atoms with Crippen LogP contribution < -0.4 is 0 Å². The summed E-state index contributed by atoms with van der Waals surface area (Å²) in [5.74, 6) is -0.764. The summed E-state index contributed by atoms with van der Waals surface area (Å²) in [4.78, 5) is 32.7. The Morgan fingerprint density at radius 1 is 0.842 bits per heavy atom. The SMILES string of the molecule is CCOC(=O)CCCCCCCOC(=O)CC(C)=O. The molecule has 110 valence electrons. The van der Waals surface area contributed by atoms with Crippen molar-refractivity contribution in [3.63, 3.8) is 0 Å². The average molecular weight is 272 g/mol. The Kier molecular flexibility index (Phi) is 10.8. The molecule has 0 aromatic heterocycles. The monoisotopic (exact) mass is 272 g/mol. The molecule has 0 aromatic carbocycles. The minimum absolute atomic E-state index is 0.138. The van der Waals surface area contributed by atoms with Crippen molar-refractivity contribution < 1.29 is 23.9 Å². The summed E-state index contributed by atoms with van der Waals surface area (Å²) in [5, 5.41) is 0. The molecule has 0 aromatic rings. The van der Waals surface area contributed by atoms with Crippen LogP contribution in [0.1, 0.15) is 58.8 Å². The standard InChI is InChI=1S/C14H24O5/c1-3-18-13(16)9-7-5-4-6-8-10-19-14(17)11-12(2)15/h3-11H2,1-2H3. The van der Waals surface area contributed by atoms with E-state index in [4.69, 9.17) is 9.47 Å². The van der Waals surface area contributed by atoms with Gasteiger partial charge in [-0.2, -0.15) is 0 Å². The number of carbonyl (C=O) groups excluding carboxylic acids is 3. The van der Waals surface area contributed by atoms with Crippen molar-refractivity contribution in [2.24, 2.45) is 0 Å². The van der Waals surface area contributed by atoms with E-state index < -0.39 is 5.97 Å². The lowest BCUT2D eigenvalue weighted by atomic mass is 10.1. The van der Waals surface area contributed by atoms with Crippen LogP contribution in [-0.2, 0) is 23.9 Å². The van der Waals surface area contributed by atoms with E-state index in [0.29, 0.717) is 19.6 Å². The fourth-order valence-corrected chi connectivity index (χ4v) is 1.58. The molecule has 0 radical (unpaired) electrons. The molecular weight excluding hydrogens is 248 g/mol. The normalized spacial score (nSPS) is 10.0. The molecule has 0 rings (SSSR count). The Balaban J connectivity index is 3.25. The molecule has 0 aliphatic carbocycles. The molecule has 0 amide bonds. The van der Waals surface area contributed by atoms with E-state index >= 15 is 0 Å². The van der Waals surface area contributed by atoms with Gasteiger partial charge in [-0.1, -0.05) is 19.3 Å². The van der Waals surface area contributed by atoms with Crippen LogP contribution in [0.3, 0.4) is 0 Å². The molecule has 0 heterocycles. The van der Waals surface area contributed by atoms with E-state index in [0.717, 1.165) is 32.1 Å². The molecule has 0 spiro atoms. The topological polar surface area (TPSA) is 69.7 Å². The van der Waals surface area contributed by atoms with Crippen LogP contribution in [0.25, 0.3) is 0 Å². The zero-order valence-corrected chi connectivity index (χ0v) is 11.9. The lowest BCUT2D eigenvalue weighted by Gasteiger charge is -2.04. The summed E-state index contributed by atoms with van der Waals surface area (Å²) >= 11 is 0. The van der Waals surface area contributed by atoms with E-state index in [1.165, 1.54) is 6.92 Å². The smallest absolute Gasteiger partial charge is 0.313 e. The number of unbranched alkanes of at least 4 members (excludes halogenated alkanes) is 4. The summed E-state index contributed by atoms with van der Waals surface area (Å²) in [6, 6.07) is 0. The molecule has 0 N–H and O–H groups in total. The zero-order chi connectivity index (χ0) is 14.5. The predicted molar refractivity (Wildman–Crippen MR) is 70.6 cm³/mol. The van der Waals surface area contributed by atoms with Gasteiger partial charge in [0.2, 0.25) is 0 Å². The van der Waals surface area contributed by atoms with Gasteiger partial charge in [0.1, 0.15) is 12.2 Å². The van der Waals surface area contributed by atoms with Crippen LogP contribution in [-0.4, -0.2) is 30.9 Å². The maximum Gasteiger partial charge on any atom is 0.313 e. The Labute approximate surface area is 114 Å². The highest BCUT2D eigenvalue weighted by Crippen LogP contribution is 2.06. The van der Waals surface area contributed by atoms with Crippen molar-refractivity contribution in [2.75, 3.05) is 13.2 Å². The van der Waals surface area contributed by atoms with Gasteiger partial charge in [0, 0.05) is 6.42 Å². The first-order chi connectivity index (χ1) is 9.06. The van der Waals surface area contributed by atoms with Gasteiger partial charge in [0.25, 0.3) is 0 Å². The van der Waals surface area contributed by atoms with Crippen molar-refractivity contribution in [2.45, 2.75) is 58.8 Å². The Hall–Kier alpha value is -1.39. The molecular formula is C14H24O5. The predicted octanol–water partition coefficient (Wildman–Crippen LogP) is 2.41. The minimum Gasteiger partial charge on any atom is -0.466 e. The molecule has 0 fully saturated rings. The van der Waals surface area contributed by atoms with Crippen molar-refractivity contribution in [3.8, 4) is 0 Å². The molecule has 0 unspecified atom stereocenters. The van der Waals surface area contributed by atoms with Gasteiger partial charge in [-0.05, 0) is 26.7 Å². The second kappa shape index (κ2) is 11.7. The van der Waals surface area contributed by atoms with E-state index in [1.54, 1.807) is 6.92 Å². The molecule has 0 atom stereocenters. The van der Waals surface area contributed by atoms with Crippen LogP contribution >= 0.6 is 0 Å². The van der Waals surface area contributed by atoms with Crippen molar-refractivity contribution >= 4 is 17.7 Å². The Bertz CT molecular complexity index is 286. The number of Topliss-reactive ketones (excluding diaryl/α,β-unsaturated/α-hetero) is 1. The number of rotatable bonds is 11. The second-order valence-electron chi connectivity index (χ2n) is 4.42. The molecule has 5 nitrogen and oxygen atoms in total. The number of hydrogen-bond donors (Lipinski definition) is 0. The first-order valence-electron chi connectivity index (χ1n) is 6.87. The van der Waals surface area contributed by atoms with Crippen LogP contribution in [0.5, 0.6) is 0 Å². The van der Waals surface area contributed by atoms with Gasteiger partial charge in [0.15, 0.2) is 0 Å². The fourth-order valence-electron chi connectivity index (χ4n) is 1.58. The highest BCUT2D eigenvalue weighted by Gasteiger charge is 2.05. The third kappa shape index (κ3) is 12.9. The molecule has 0 aliphatic heterocycles. The quantitative estimate of drug-likeness (QED) is 0.328. The largest absolute Gasteiger partial charge is 0.466 e. The molecule has 0 aliphatic rings. The highest BCUT2D eigenvalue weighted by atomic mass is 16.5. The lowest BCUT2D eigenvalue weighted by molar-refractivity contribution is -0.146. The number of esters is 2. The Morgan fingerprint density at radius 3 is 2.11 bits per heavy atom. The molecule has 0 saturated carbocycles. The summed E-state index contributed by atoms with van der Waals surface area (Å²) < 4.78 is 9.72. The van der Waals surface area contributed by atoms with E-state index in [2.05, 4.69) is 0 Å². The van der Waals surface area contributed by atoms with Gasteiger partial charge in [-0.15, -0.1) is 0 Å². The van der Waals surface area contributed by atoms with Crippen molar-refractivity contribution in [3.05, 3.63) is 0 Å². The minimum atomic E-state index is -0.449. The zero-order valence-electron chi connectivity index (χ0n) is 11.9. The average Bonchev–Trinajstić information content (AvgIpc) is 2.32. The second-order valence-corrected chi connectivity index (χ2v) is 4.42. The van der Waals surface area contributed by atoms with E-state index in [9.17, 15) is 14.4 Å². The van der Waals surface area contributed by atoms with E-state index in [1.807, 2.05) is 0 Å². The molecule has 0 saturated heterocycles. The number of ether oxygens (including phenoxy) is 2. The highest BCUT2D eigenvalue weighted by molar-refractivity contribution is 5.94. The molecule has 0 bridgehead atoms. The van der Waals surface area contributed by atoms with Crippen molar-refractivity contribution in [1.82, 2.24) is 0 Å². The van der Waals surface area contributed by atoms with Gasteiger partial charge < -0.3 is 9.47 Å². The first kappa shape index (κ1) is 17.6. The van der Waals surface area contributed by atoms with E-state index in [-0.39, 0.29) is 18.2 Å². The van der Waals surface area contributed by atoms with Gasteiger partial charge in [0.05, 0.1) is 13.2 Å². The third-order valence-corrected chi connectivity index (χ3v) is 2.49. The van der Waals surface area contributed by atoms with Crippen molar-refractivity contribution in [1.29, 1.82) is 0 Å². The van der Waals surface area contributed by atoms with Crippen LogP contribution in [0, 0.1) is 0 Å². The maximum absolute atomic E-state index is 11.0. The maximum atomic E-state index is 11.0. The van der Waals surface area contributed by atoms with Crippen LogP contribution in [0.2, 0.25) is 0 Å². The van der Waals surface area contributed by atoms with Gasteiger partial charge >= 0.3 is 11.9 Å².